The molecule has 0 spiro atoms. The van der Waals surface area contributed by atoms with Crippen molar-refractivity contribution in [1.29, 1.82) is 0 Å². The molecule has 5 heteroatoms. The lowest BCUT2D eigenvalue weighted by Crippen LogP contribution is -2.51. The minimum atomic E-state index is -0.667. The molecular formula is C15H28N2O3. The number of carbonyl (C=O) groups is 2. The lowest BCUT2D eigenvalue weighted by Gasteiger charge is -2.25. The lowest BCUT2D eigenvalue weighted by atomic mass is 10.0. The number of nitrogens with one attached hydrogen (secondary N) is 2. The van der Waals surface area contributed by atoms with E-state index in [4.69, 9.17) is 4.74 Å². The fourth-order valence-electron chi connectivity index (χ4n) is 1.50. The average molecular weight is 284 g/mol. The summed E-state index contributed by atoms with van der Waals surface area (Å²) in [5.41, 5.74) is -0.593. The van der Waals surface area contributed by atoms with Gasteiger partial charge in [0.1, 0.15) is 11.6 Å². The van der Waals surface area contributed by atoms with Crippen molar-refractivity contribution in [3.05, 3.63) is 12.7 Å². The summed E-state index contributed by atoms with van der Waals surface area (Å²) < 4.78 is 5.17. The number of hydrogen-bond donors (Lipinski definition) is 2. The molecule has 0 aromatic rings. The quantitative estimate of drug-likeness (QED) is 0.558. The molecule has 0 fully saturated rings. The minimum absolute atomic E-state index is 0.177. The Morgan fingerprint density at radius 2 is 1.95 bits per heavy atom. The molecule has 5 nitrogen and oxygen atoms in total. The van der Waals surface area contributed by atoms with Crippen molar-refractivity contribution in [2.75, 3.05) is 6.54 Å². The molecule has 0 bridgehead atoms. The van der Waals surface area contributed by atoms with Crippen LogP contribution in [0.3, 0.4) is 0 Å². The summed E-state index contributed by atoms with van der Waals surface area (Å²) in [6.07, 6.45) is 2.96. The van der Waals surface area contributed by atoms with Gasteiger partial charge < -0.3 is 15.4 Å². The third-order valence-electron chi connectivity index (χ3n) is 2.68. The number of amides is 2. The monoisotopic (exact) mass is 284 g/mol. The van der Waals surface area contributed by atoms with Gasteiger partial charge in [0.15, 0.2) is 0 Å². The molecule has 2 N–H and O–H groups in total. The van der Waals surface area contributed by atoms with E-state index in [0.717, 1.165) is 12.8 Å². The zero-order valence-electron chi connectivity index (χ0n) is 13.3. The van der Waals surface area contributed by atoms with E-state index in [0.29, 0.717) is 6.54 Å². The predicted octanol–water partition coefficient (Wildman–Crippen LogP) is 2.62. The van der Waals surface area contributed by atoms with Gasteiger partial charge >= 0.3 is 6.09 Å². The van der Waals surface area contributed by atoms with Crippen LogP contribution in [-0.4, -0.2) is 30.2 Å². The van der Waals surface area contributed by atoms with Crippen LogP contribution in [0.25, 0.3) is 0 Å². The molecule has 20 heavy (non-hydrogen) atoms. The van der Waals surface area contributed by atoms with Gasteiger partial charge in [0.25, 0.3) is 0 Å². The Morgan fingerprint density at radius 1 is 1.35 bits per heavy atom. The highest BCUT2D eigenvalue weighted by Gasteiger charge is 2.27. The van der Waals surface area contributed by atoms with Crippen molar-refractivity contribution < 1.29 is 14.3 Å². The second-order valence-corrected chi connectivity index (χ2v) is 5.86. The zero-order chi connectivity index (χ0) is 15.8. The zero-order valence-corrected chi connectivity index (χ0v) is 13.3. The van der Waals surface area contributed by atoms with E-state index in [1.165, 1.54) is 0 Å². The van der Waals surface area contributed by atoms with Crippen molar-refractivity contribution in [3.8, 4) is 0 Å². The maximum atomic E-state index is 12.1. The normalized spacial score (nSPS) is 14.1. The van der Waals surface area contributed by atoms with Crippen LogP contribution >= 0.6 is 0 Å². The minimum Gasteiger partial charge on any atom is -0.444 e. The number of carbonyl (C=O) groups excluding carboxylic acids is 2. The third kappa shape index (κ3) is 7.81. The smallest absolute Gasteiger partial charge is 0.408 e. The van der Waals surface area contributed by atoms with E-state index < -0.39 is 17.7 Å². The van der Waals surface area contributed by atoms with Crippen LogP contribution < -0.4 is 10.6 Å². The topological polar surface area (TPSA) is 67.4 Å². The van der Waals surface area contributed by atoms with Crippen LogP contribution in [0.2, 0.25) is 0 Å². The Morgan fingerprint density at radius 3 is 2.40 bits per heavy atom. The molecule has 116 valence electrons. The van der Waals surface area contributed by atoms with Crippen LogP contribution in [0.1, 0.15) is 47.5 Å². The molecule has 0 aromatic carbocycles. The second-order valence-electron chi connectivity index (χ2n) is 5.86. The van der Waals surface area contributed by atoms with Gasteiger partial charge in [0, 0.05) is 12.5 Å². The fourth-order valence-corrected chi connectivity index (χ4v) is 1.50. The molecule has 0 saturated heterocycles. The van der Waals surface area contributed by atoms with E-state index in [1.807, 2.05) is 6.92 Å². The summed E-state index contributed by atoms with van der Waals surface area (Å²) in [5, 5.41) is 5.42. The summed E-state index contributed by atoms with van der Waals surface area (Å²) in [6.45, 7) is 13.5. The number of hydrogen-bond acceptors (Lipinski definition) is 3. The van der Waals surface area contributed by atoms with Crippen molar-refractivity contribution >= 4 is 12.0 Å². The standard InChI is InChI=1S/C15H28N2O3/c1-7-9-10-16-13(18)12(11(3)8-2)17-14(19)20-15(4,5)6/h8,11-12H,2,7,9-10H2,1,3-6H3,(H,16,18)(H,17,19)/t11-,12+/m0/s1. The van der Waals surface area contributed by atoms with Crippen LogP contribution in [0.4, 0.5) is 4.79 Å². The van der Waals surface area contributed by atoms with Gasteiger partial charge in [-0.25, -0.2) is 4.79 Å². The van der Waals surface area contributed by atoms with Crippen LogP contribution in [0.15, 0.2) is 12.7 Å². The van der Waals surface area contributed by atoms with Gasteiger partial charge in [0.2, 0.25) is 5.91 Å². The van der Waals surface area contributed by atoms with E-state index in [-0.39, 0.29) is 11.8 Å². The summed E-state index contributed by atoms with van der Waals surface area (Å²) in [4.78, 5) is 23.9. The van der Waals surface area contributed by atoms with Crippen LogP contribution in [0.5, 0.6) is 0 Å². The number of unbranched alkanes of at least 4 members (excludes halogenated alkanes) is 1. The summed E-state index contributed by atoms with van der Waals surface area (Å²) in [5.74, 6) is -0.388. The number of alkyl carbamates (subject to hydrolysis) is 1. The Bertz CT molecular complexity index is 335. The third-order valence-corrected chi connectivity index (χ3v) is 2.68. The highest BCUT2D eigenvalue weighted by Crippen LogP contribution is 2.09. The molecule has 0 saturated carbocycles. The highest BCUT2D eigenvalue weighted by atomic mass is 16.6. The first-order valence-corrected chi connectivity index (χ1v) is 7.11. The van der Waals surface area contributed by atoms with Gasteiger partial charge in [-0.15, -0.1) is 6.58 Å². The van der Waals surface area contributed by atoms with E-state index in [9.17, 15) is 9.59 Å². The maximum absolute atomic E-state index is 12.1. The van der Waals surface area contributed by atoms with Gasteiger partial charge in [-0.3, -0.25) is 4.79 Å². The first kappa shape index (κ1) is 18.5. The Balaban J connectivity index is 4.60. The van der Waals surface area contributed by atoms with Crippen LogP contribution in [0, 0.1) is 5.92 Å². The molecule has 0 aromatic heterocycles. The molecule has 2 atom stereocenters. The molecule has 0 heterocycles. The lowest BCUT2D eigenvalue weighted by molar-refractivity contribution is -0.123. The van der Waals surface area contributed by atoms with Gasteiger partial charge in [0.05, 0.1) is 0 Å². The highest BCUT2D eigenvalue weighted by molar-refractivity contribution is 5.86. The van der Waals surface area contributed by atoms with Crippen molar-refractivity contribution in [1.82, 2.24) is 10.6 Å². The molecule has 0 radical (unpaired) electrons. The molecule has 0 aliphatic heterocycles. The average Bonchev–Trinajstić information content (AvgIpc) is 2.33. The first-order valence-electron chi connectivity index (χ1n) is 7.11. The van der Waals surface area contributed by atoms with E-state index >= 15 is 0 Å². The van der Waals surface area contributed by atoms with Crippen LogP contribution in [-0.2, 0) is 9.53 Å². The molecule has 2 amide bonds. The first-order chi connectivity index (χ1) is 9.21. The van der Waals surface area contributed by atoms with E-state index in [1.54, 1.807) is 26.8 Å². The summed E-state index contributed by atoms with van der Waals surface area (Å²) in [7, 11) is 0. The number of rotatable bonds is 7. The fraction of sp³-hybridized carbons (Fsp3) is 0.733. The Labute approximate surface area is 122 Å². The second kappa shape index (κ2) is 8.61. The molecular weight excluding hydrogens is 256 g/mol. The predicted molar refractivity (Wildman–Crippen MR) is 80.4 cm³/mol. The van der Waals surface area contributed by atoms with Gasteiger partial charge in [-0.1, -0.05) is 26.3 Å². The Hall–Kier alpha value is -1.52. The SMILES string of the molecule is C=C[C@H](C)[C@@H](NC(=O)OC(C)(C)C)C(=O)NCCCC. The number of ether oxygens (including phenoxy) is 1. The largest absolute Gasteiger partial charge is 0.444 e. The van der Waals surface area contributed by atoms with Gasteiger partial charge in [-0.05, 0) is 27.2 Å². The van der Waals surface area contributed by atoms with Crippen molar-refractivity contribution in [3.63, 3.8) is 0 Å². The molecule has 0 aliphatic carbocycles. The molecule has 0 rings (SSSR count). The van der Waals surface area contributed by atoms with Crippen molar-refractivity contribution in [2.24, 2.45) is 5.92 Å². The molecule has 0 aliphatic rings. The summed E-state index contributed by atoms with van der Waals surface area (Å²) >= 11 is 0. The van der Waals surface area contributed by atoms with Gasteiger partial charge in [-0.2, -0.15) is 0 Å². The Kier molecular flexibility index (Phi) is 7.96. The summed E-state index contributed by atoms with van der Waals surface area (Å²) in [6, 6.07) is -0.667. The van der Waals surface area contributed by atoms with E-state index in [2.05, 4.69) is 24.1 Å². The molecule has 0 unspecified atom stereocenters. The maximum Gasteiger partial charge on any atom is 0.408 e. The van der Waals surface area contributed by atoms with Crippen molar-refractivity contribution in [2.45, 2.75) is 59.1 Å².